The Labute approximate surface area is 153 Å². The zero-order valence-electron chi connectivity index (χ0n) is 15.8. The van der Waals surface area contributed by atoms with Gasteiger partial charge in [0.2, 0.25) is 5.95 Å². The number of hydrogen-bond acceptors (Lipinski definition) is 3. The van der Waals surface area contributed by atoms with Gasteiger partial charge < -0.3 is 9.84 Å². The molecule has 0 unspecified atom stereocenters. The monoisotopic (exact) mass is 357 g/mol. The first-order chi connectivity index (χ1) is 12.0. The van der Waals surface area contributed by atoms with Gasteiger partial charge in [0.25, 0.3) is 0 Å². The molecule has 0 atom stereocenters. The van der Waals surface area contributed by atoms with Crippen molar-refractivity contribution in [3.8, 4) is 16.9 Å². The van der Waals surface area contributed by atoms with Crippen molar-refractivity contribution in [1.29, 1.82) is 0 Å². The van der Waals surface area contributed by atoms with Gasteiger partial charge in [-0.2, -0.15) is 4.39 Å². The van der Waals surface area contributed by atoms with Gasteiger partial charge in [-0.05, 0) is 43.0 Å². The number of carboxylic acids is 1. The molecule has 0 fully saturated rings. The lowest BCUT2D eigenvalue weighted by Gasteiger charge is -2.17. The van der Waals surface area contributed by atoms with E-state index in [0.717, 1.165) is 11.1 Å². The molecule has 0 radical (unpaired) electrons. The van der Waals surface area contributed by atoms with Crippen LogP contribution in [0, 0.1) is 18.3 Å². The first-order valence-corrected chi connectivity index (χ1v) is 8.40. The van der Waals surface area contributed by atoms with Crippen molar-refractivity contribution in [2.45, 2.75) is 41.0 Å². The Morgan fingerprint density at radius 3 is 2.54 bits per heavy atom. The van der Waals surface area contributed by atoms with E-state index in [0.29, 0.717) is 22.6 Å². The SMILES string of the molecule is C/C(=C\C(C)(C)C)Oc1cc(-c2cnc(F)c(C)c2)ccc1CC(=O)O. The average Bonchev–Trinajstić information content (AvgIpc) is 2.49. The second kappa shape index (κ2) is 7.68. The van der Waals surface area contributed by atoms with E-state index in [2.05, 4.69) is 25.8 Å². The molecule has 0 amide bonds. The maximum absolute atomic E-state index is 13.4. The summed E-state index contributed by atoms with van der Waals surface area (Å²) in [5.41, 5.74) is 2.49. The van der Waals surface area contributed by atoms with Gasteiger partial charge >= 0.3 is 5.97 Å². The normalized spacial score (nSPS) is 12.2. The quantitative estimate of drug-likeness (QED) is 0.594. The first-order valence-electron chi connectivity index (χ1n) is 8.40. The highest BCUT2D eigenvalue weighted by atomic mass is 19.1. The molecule has 5 heteroatoms. The van der Waals surface area contributed by atoms with Gasteiger partial charge in [-0.15, -0.1) is 0 Å². The van der Waals surface area contributed by atoms with Crippen LogP contribution in [0.15, 0.2) is 42.3 Å². The summed E-state index contributed by atoms with van der Waals surface area (Å²) >= 11 is 0. The van der Waals surface area contributed by atoms with Crippen LogP contribution in [0.1, 0.15) is 38.8 Å². The number of rotatable bonds is 5. The molecule has 0 bridgehead atoms. The number of carbonyl (C=O) groups is 1. The number of aryl methyl sites for hydroxylation is 1. The number of aliphatic carboxylic acids is 1. The number of nitrogens with zero attached hydrogens (tertiary/aromatic N) is 1. The van der Waals surface area contributed by atoms with E-state index in [1.165, 1.54) is 6.20 Å². The number of aromatic nitrogens is 1. The summed E-state index contributed by atoms with van der Waals surface area (Å²) in [5.74, 6) is -0.268. The van der Waals surface area contributed by atoms with Crippen LogP contribution in [-0.4, -0.2) is 16.1 Å². The summed E-state index contributed by atoms with van der Waals surface area (Å²) in [6.45, 7) is 9.66. The fourth-order valence-corrected chi connectivity index (χ4v) is 2.67. The Bertz CT molecular complexity index is 851. The van der Waals surface area contributed by atoms with Gasteiger partial charge in [0.05, 0.1) is 12.2 Å². The molecule has 0 saturated heterocycles. The van der Waals surface area contributed by atoms with Crippen molar-refractivity contribution in [3.63, 3.8) is 0 Å². The Hall–Kier alpha value is -2.69. The number of ether oxygens (including phenoxy) is 1. The Balaban J connectivity index is 2.46. The van der Waals surface area contributed by atoms with Crippen LogP contribution in [0.4, 0.5) is 4.39 Å². The zero-order chi connectivity index (χ0) is 19.5. The van der Waals surface area contributed by atoms with Crippen molar-refractivity contribution >= 4 is 5.97 Å². The van der Waals surface area contributed by atoms with Crippen LogP contribution in [-0.2, 0) is 11.2 Å². The maximum Gasteiger partial charge on any atom is 0.307 e. The number of pyridine rings is 1. The minimum absolute atomic E-state index is 0.0629. The van der Waals surface area contributed by atoms with E-state index < -0.39 is 11.9 Å². The standard InChI is InChI=1S/C21H24FNO3/c1-13-8-17(12-23-20(13)22)15-6-7-16(10-19(24)25)18(9-15)26-14(2)11-21(3,4)5/h6-9,11-12H,10H2,1-5H3,(H,24,25)/b14-11+. The molecule has 138 valence electrons. The fourth-order valence-electron chi connectivity index (χ4n) is 2.67. The third kappa shape index (κ3) is 5.41. The summed E-state index contributed by atoms with van der Waals surface area (Å²) in [6.07, 6.45) is 3.29. The van der Waals surface area contributed by atoms with Gasteiger partial charge in [-0.1, -0.05) is 32.9 Å². The summed E-state index contributed by atoms with van der Waals surface area (Å²) in [4.78, 5) is 14.9. The van der Waals surface area contributed by atoms with Gasteiger partial charge in [0, 0.05) is 22.9 Å². The van der Waals surface area contributed by atoms with Crippen molar-refractivity contribution < 1.29 is 19.0 Å². The minimum Gasteiger partial charge on any atom is -0.481 e. The largest absolute Gasteiger partial charge is 0.481 e. The lowest BCUT2D eigenvalue weighted by Crippen LogP contribution is -2.06. The fraction of sp³-hybridized carbons (Fsp3) is 0.333. The molecule has 0 saturated carbocycles. The molecule has 4 nitrogen and oxygen atoms in total. The highest BCUT2D eigenvalue weighted by molar-refractivity contribution is 5.73. The predicted molar refractivity (Wildman–Crippen MR) is 99.5 cm³/mol. The Morgan fingerprint density at radius 1 is 1.27 bits per heavy atom. The number of carboxylic acid groups (broad SMARTS) is 1. The lowest BCUT2D eigenvalue weighted by atomic mass is 9.96. The zero-order valence-corrected chi connectivity index (χ0v) is 15.8. The van der Waals surface area contributed by atoms with Crippen molar-refractivity contribution in [2.24, 2.45) is 5.41 Å². The van der Waals surface area contributed by atoms with Crippen LogP contribution < -0.4 is 4.74 Å². The molecule has 1 heterocycles. The van der Waals surface area contributed by atoms with E-state index in [1.54, 1.807) is 31.2 Å². The Kier molecular flexibility index (Phi) is 5.80. The van der Waals surface area contributed by atoms with Crippen LogP contribution in [0.2, 0.25) is 0 Å². The topological polar surface area (TPSA) is 59.4 Å². The smallest absolute Gasteiger partial charge is 0.307 e. The molecule has 2 aromatic rings. The third-order valence-electron chi connectivity index (χ3n) is 3.66. The Morgan fingerprint density at radius 2 is 1.96 bits per heavy atom. The lowest BCUT2D eigenvalue weighted by molar-refractivity contribution is -0.136. The van der Waals surface area contributed by atoms with Crippen LogP contribution in [0.3, 0.4) is 0 Å². The molecule has 26 heavy (non-hydrogen) atoms. The van der Waals surface area contributed by atoms with Gasteiger partial charge in [0.1, 0.15) is 5.75 Å². The molecule has 1 aromatic carbocycles. The molecule has 0 spiro atoms. The van der Waals surface area contributed by atoms with E-state index in [1.807, 2.05) is 13.0 Å². The molecule has 0 aliphatic carbocycles. The van der Waals surface area contributed by atoms with Crippen molar-refractivity contribution in [1.82, 2.24) is 4.98 Å². The second-order valence-corrected chi connectivity index (χ2v) is 7.45. The van der Waals surface area contributed by atoms with Crippen LogP contribution >= 0.6 is 0 Å². The number of halogens is 1. The van der Waals surface area contributed by atoms with Crippen molar-refractivity contribution in [2.75, 3.05) is 0 Å². The third-order valence-corrected chi connectivity index (χ3v) is 3.66. The maximum atomic E-state index is 13.4. The molecule has 1 N–H and O–H groups in total. The molecule has 0 aliphatic rings. The first kappa shape index (κ1) is 19.6. The molecule has 0 aliphatic heterocycles. The minimum atomic E-state index is -0.931. The van der Waals surface area contributed by atoms with E-state index in [4.69, 9.17) is 9.84 Å². The molecule has 1 aromatic heterocycles. The highest BCUT2D eigenvalue weighted by Gasteiger charge is 2.13. The molecular weight excluding hydrogens is 333 g/mol. The second-order valence-electron chi connectivity index (χ2n) is 7.45. The molecular formula is C21H24FNO3. The highest BCUT2D eigenvalue weighted by Crippen LogP contribution is 2.30. The van der Waals surface area contributed by atoms with E-state index in [9.17, 15) is 9.18 Å². The number of allylic oxidation sites excluding steroid dienone is 2. The van der Waals surface area contributed by atoms with E-state index in [-0.39, 0.29) is 11.8 Å². The predicted octanol–water partition coefficient (Wildman–Crippen LogP) is 5.15. The molecule has 2 rings (SSSR count). The number of benzene rings is 1. The summed E-state index contributed by atoms with van der Waals surface area (Å²) in [5, 5.41) is 9.14. The van der Waals surface area contributed by atoms with Gasteiger partial charge in [0.15, 0.2) is 0 Å². The van der Waals surface area contributed by atoms with Crippen molar-refractivity contribution in [3.05, 3.63) is 59.4 Å². The van der Waals surface area contributed by atoms with Gasteiger partial charge in [-0.3, -0.25) is 4.79 Å². The van der Waals surface area contributed by atoms with Crippen LogP contribution in [0.25, 0.3) is 11.1 Å². The number of hydrogen-bond donors (Lipinski definition) is 1. The average molecular weight is 357 g/mol. The van der Waals surface area contributed by atoms with E-state index >= 15 is 0 Å². The summed E-state index contributed by atoms with van der Waals surface area (Å²) in [7, 11) is 0. The van der Waals surface area contributed by atoms with Crippen LogP contribution in [0.5, 0.6) is 5.75 Å². The summed E-state index contributed by atoms with van der Waals surface area (Å²) < 4.78 is 19.4. The summed E-state index contributed by atoms with van der Waals surface area (Å²) in [6, 6.07) is 6.99. The van der Waals surface area contributed by atoms with Gasteiger partial charge in [-0.25, -0.2) is 4.98 Å².